The largest absolute Gasteiger partial charge is 0.339 e. The van der Waals surface area contributed by atoms with Crippen LogP contribution in [-0.4, -0.2) is 86.1 Å². The van der Waals surface area contributed by atoms with Crippen molar-refractivity contribution in [1.82, 2.24) is 20.0 Å². The number of hydrogen-bond acceptors (Lipinski definition) is 4. The van der Waals surface area contributed by atoms with Crippen LogP contribution >= 0.6 is 0 Å². The summed E-state index contributed by atoms with van der Waals surface area (Å²) in [5.74, 6) is 0.299. The standard InChI is InChI=1S/C14H28N4O/c1-3-17(11-13-5-4-6-15-13)12-14(19)18-9-7-16(2)8-10-18/h13,15H,3-12H2,1-2H3. The fraction of sp³-hybridized carbons (Fsp3) is 0.929. The number of carbonyl (C=O) groups is 1. The average molecular weight is 268 g/mol. The molecule has 2 fully saturated rings. The molecule has 0 bridgehead atoms. The van der Waals surface area contributed by atoms with E-state index in [9.17, 15) is 4.79 Å². The quantitative estimate of drug-likeness (QED) is 0.752. The molecule has 2 heterocycles. The Bertz CT molecular complexity index is 283. The maximum absolute atomic E-state index is 12.3. The normalized spacial score (nSPS) is 25.2. The molecule has 0 aliphatic carbocycles. The van der Waals surface area contributed by atoms with Crippen LogP contribution in [0.25, 0.3) is 0 Å². The first kappa shape index (κ1) is 14.8. The number of carbonyl (C=O) groups excluding carboxylic acids is 1. The molecule has 0 aromatic carbocycles. The van der Waals surface area contributed by atoms with Crippen molar-refractivity contribution in [1.29, 1.82) is 0 Å². The minimum Gasteiger partial charge on any atom is -0.339 e. The van der Waals surface area contributed by atoms with Crippen LogP contribution in [0.2, 0.25) is 0 Å². The van der Waals surface area contributed by atoms with Crippen LogP contribution in [-0.2, 0) is 4.79 Å². The highest BCUT2D eigenvalue weighted by molar-refractivity contribution is 5.78. The number of likely N-dealkylation sites (N-methyl/N-ethyl adjacent to an activating group) is 2. The van der Waals surface area contributed by atoms with Crippen molar-refractivity contribution >= 4 is 5.91 Å². The molecule has 2 aliphatic heterocycles. The summed E-state index contributed by atoms with van der Waals surface area (Å²) >= 11 is 0. The summed E-state index contributed by atoms with van der Waals surface area (Å²) in [6, 6.07) is 0.584. The summed E-state index contributed by atoms with van der Waals surface area (Å²) in [5, 5.41) is 3.51. The smallest absolute Gasteiger partial charge is 0.236 e. The molecule has 0 aromatic heterocycles. The van der Waals surface area contributed by atoms with Gasteiger partial charge in [0.15, 0.2) is 0 Å². The summed E-state index contributed by atoms with van der Waals surface area (Å²) in [6.07, 6.45) is 2.52. The number of piperazine rings is 1. The Balaban J connectivity index is 1.75. The molecule has 1 amide bonds. The van der Waals surface area contributed by atoms with Crippen LogP contribution < -0.4 is 5.32 Å². The fourth-order valence-electron chi connectivity index (χ4n) is 2.88. The molecule has 0 aromatic rings. The predicted octanol–water partition coefficient (Wildman–Crippen LogP) is -0.166. The first-order valence-corrected chi connectivity index (χ1v) is 7.61. The van der Waals surface area contributed by atoms with E-state index in [0.717, 1.165) is 45.8 Å². The Morgan fingerprint density at radius 2 is 2.05 bits per heavy atom. The summed E-state index contributed by atoms with van der Waals surface area (Å²) in [5.41, 5.74) is 0. The van der Waals surface area contributed by atoms with Gasteiger partial charge in [-0.1, -0.05) is 6.92 Å². The van der Waals surface area contributed by atoms with E-state index in [1.165, 1.54) is 12.8 Å². The van der Waals surface area contributed by atoms with Gasteiger partial charge in [0.25, 0.3) is 0 Å². The Morgan fingerprint density at radius 1 is 1.32 bits per heavy atom. The molecule has 0 saturated carbocycles. The second-order valence-corrected chi connectivity index (χ2v) is 5.81. The lowest BCUT2D eigenvalue weighted by atomic mass is 10.2. The van der Waals surface area contributed by atoms with Crippen molar-refractivity contribution in [2.75, 3.05) is 59.4 Å². The maximum atomic E-state index is 12.3. The molecule has 2 aliphatic rings. The molecule has 0 radical (unpaired) electrons. The van der Waals surface area contributed by atoms with E-state index in [4.69, 9.17) is 0 Å². The SMILES string of the molecule is CCN(CC(=O)N1CCN(C)CC1)CC1CCCN1. The van der Waals surface area contributed by atoms with E-state index in [-0.39, 0.29) is 0 Å². The number of amides is 1. The molecule has 0 spiro atoms. The summed E-state index contributed by atoms with van der Waals surface area (Å²) < 4.78 is 0. The predicted molar refractivity (Wildman–Crippen MR) is 77.2 cm³/mol. The van der Waals surface area contributed by atoms with E-state index in [0.29, 0.717) is 18.5 Å². The van der Waals surface area contributed by atoms with Crippen molar-refractivity contribution in [3.8, 4) is 0 Å². The summed E-state index contributed by atoms with van der Waals surface area (Å²) in [4.78, 5) is 18.9. The van der Waals surface area contributed by atoms with Crippen molar-refractivity contribution in [2.45, 2.75) is 25.8 Å². The Morgan fingerprint density at radius 3 is 2.63 bits per heavy atom. The van der Waals surface area contributed by atoms with Gasteiger partial charge in [-0.2, -0.15) is 0 Å². The van der Waals surface area contributed by atoms with Crippen molar-refractivity contribution in [3.63, 3.8) is 0 Å². The lowest BCUT2D eigenvalue weighted by Crippen LogP contribution is -2.51. The lowest BCUT2D eigenvalue weighted by molar-refractivity contribution is -0.134. The molecule has 2 saturated heterocycles. The molecule has 1 unspecified atom stereocenters. The first-order valence-electron chi connectivity index (χ1n) is 7.61. The summed E-state index contributed by atoms with van der Waals surface area (Å²) in [6.45, 7) is 9.60. The second kappa shape index (κ2) is 7.22. The van der Waals surface area contributed by atoms with E-state index in [2.05, 4.69) is 29.1 Å². The summed E-state index contributed by atoms with van der Waals surface area (Å²) in [7, 11) is 2.12. The minimum atomic E-state index is 0.299. The Labute approximate surface area is 116 Å². The van der Waals surface area contributed by atoms with E-state index < -0.39 is 0 Å². The highest BCUT2D eigenvalue weighted by Gasteiger charge is 2.23. The first-order chi connectivity index (χ1) is 9.19. The molecule has 110 valence electrons. The van der Waals surface area contributed by atoms with Crippen LogP contribution in [0.1, 0.15) is 19.8 Å². The van der Waals surface area contributed by atoms with Crippen LogP contribution in [0.4, 0.5) is 0 Å². The Kier molecular flexibility index (Phi) is 5.60. The zero-order chi connectivity index (χ0) is 13.7. The number of rotatable bonds is 5. The Hall–Kier alpha value is -0.650. The van der Waals surface area contributed by atoms with Crippen molar-refractivity contribution < 1.29 is 4.79 Å². The molecular weight excluding hydrogens is 240 g/mol. The molecule has 5 heteroatoms. The van der Waals surface area contributed by atoms with Gasteiger partial charge in [0.1, 0.15) is 0 Å². The number of nitrogens with one attached hydrogen (secondary N) is 1. The highest BCUT2D eigenvalue weighted by Crippen LogP contribution is 2.08. The van der Waals surface area contributed by atoms with Crippen molar-refractivity contribution in [3.05, 3.63) is 0 Å². The molecular formula is C14H28N4O. The van der Waals surface area contributed by atoms with Gasteiger partial charge in [-0.05, 0) is 33.0 Å². The van der Waals surface area contributed by atoms with Crippen LogP contribution in [0, 0.1) is 0 Å². The topological polar surface area (TPSA) is 38.8 Å². The van der Waals surface area contributed by atoms with Gasteiger partial charge in [-0.15, -0.1) is 0 Å². The van der Waals surface area contributed by atoms with Crippen LogP contribution in [0.15, 0.2) is 0 Å². The van der Waals surface area contributed by atoms with Gasteiger partial charge >= 0.3 is 0 Å². The van der Waals surface area contributed by atoms with E-state index in [1.807, 2.05) is 4.90 Å². The zero-order valence-electron chi connectivity index (χ0n) is 12.4. The van der Waals surface area contributed by atoms with Gasteiger partial charge in [0.2, 0.25) is 5.91 Å². The highest BCUT2D eigenvalue weighted by atomic mass is 16.2. The number of hydrogen-bond donors (Lipinski definition) is 1. The molecule has 5 nitrogen and oxygen atoms in total. The molecule has 1 N–H and O–H groups in total. The zero-order valence-corrected chi connectivity index (χ0v) is 12.4. The minimum absolute atomic E-state index is 0.299. The van der Waals surface area contributed by atoms with Crippen LogP contribution in [0.3, 0.4) is 0 Å². The maximum Gasteiger partial charge on any atom is 0.236 e. The lowest BCUT2D eigenvalue weighted by Gasteiger charge is -2.34. The van der Waals surface area contributed by atoms with E-state index >= 15 is 0 Å². The third-order valence-electron chi connectivity index (χ3n) is 4.30. The van der Waals surface area contributed by atoms with Crippen molar-refractivity contribution in [2.24, 2.45) is 0 Å². The van der Waals surface area contributed by atoms with Gasteiger partial charge in [0.05, 0.1) is 6.54 Å². The third kappa shape index (κ3) is 4.44. The molecule has 19 heavy (non-hydrogen) atoms. The van der Waals surface area contributed by atoms with E-state index in [1.54, 1.807) is 0 Å². The van der Waals surface area contributed by atoms with Gasteiger partial charge < -0.3 is 15.1 Å². The van der Waals surface area contributed by atoms with Gasteiger partial charge in [-0.25, -0.2) is 0 Å². The van der Waals surface area contributed by atoms with Gasteiger partial charge in [-0.3, -0.25) is 9.69 Å². The fourth-order valence-corrected chi connectivity index (χ4v) is 2.88. The molecule has 2 rings (SSSR count). The third-order valence-corrected chi connectivity index (χ3v) is 4.30. The van der Waals surface area contributed by atoms with Crippen LogP contribution in [0.5, 0.6) is 0 Å². The second-order valence-electron chi connectivity index (χ2n) is 5.81. The molecule has 1 atom stereocenters. The average Bonchev–Trinajstić information content (AvgIpc) is 2.91. The monoisotopic (exact) mass is 268 g/mol. The number of nitrogens with zero attached hydrogens (tertiary/aromatic N) is 3. The van der Waals surface area contributed by atoms with Gasteiger partial charge in [0, 0.05) is 38.8 Å².